The lowest BCUT2D eigenvalue weighted by Crippen LogP contribution is -3.00. The number of rotatable bonds is 8. The Morgan fingerprint density at radius 3 is 2.50 bits per heavy atom. The van der Waals surface area contributed by atoms with E-state index >= 15 is 0 Å². The van der Waals surface area contributed by atoms with Crippen molar-refractivity contribution in [2.75, 3.05) is 13.1 Å². The van der Waals surface area contributed by atoms with Crippen LogP contribution in [0.25, 0.3) is 0 Å². The Morgan fingerprint density at radius 1 is 1.25 bits per heavy atom. The van der Waals surface area contributed by atoms with Gasteiger partial charge in [-0.25, -0.2) is 0 Å². The number of ketones is 1. The molecule has 1 unspecified atom stereocenters. The largest absolute Gasteiger partial charge is 1.00 e. The van der Waals surface area contributed by atoms with Crippen LogP contribution in [0.5, 0.6) is 0 Å². The van der Waals surface area contributed by atoms with Gasteiger partial charge in [-0.3, -0.25) is 4.79 Å². The number of hydrogen-bond acceptors (Lipinski definition) is 2. The molecule has 0 radical (unpaired) electrons. The highest BCUT2D eigenvalue weighted by molar-refractivity contribution is 5.81. The Bertz CT molecular complexity index is 299. The number of nitrogens with two attached hydrogens (primary N) is 1. The highest BCUT2D eigenvalue weighted by atomic mass is 35.5. The highest BCUT2D eigenvalue weighted by Crippen LogP contribution is 2.48. The first-order chi connectivity index (χ1) is 9.12. The van der Waals surface area contributed by atoms with Gasteiger partial charge in [0.1, 0.15) is 5.78 Å². The molecule has 3 N–H and O–H groups in total. The summed E-state index contributed by atoms with van der Waals surface area (Å²) in [5.41, 5.74) is 0.214. The van der Waals surface area contributed by atoms with Gasteiger partial charge in [0.2, 0.25) is 0 Å². The zero-order valence-corrected chi connectivity index (χ0v) is 13.5. The lowest BCUT2D eigenvalue weighted by Gasteiger charge is -2.20. The molecule has 3 nitrogen and oxygen atoms in total. The molecule has 4 heteroatoms. The van der Waals surface area contributed by atoms with Crippen LogP contribution in [0.2, 0.25) is 0 Å². The van der Waals surface area contributed by atoms with Crippen LogP contribution in [-0.2, 0) is 4.79 Å². The van der Waals surface area contributed by atoms with Crippen LogP contribution in [0.1, 0.15) is 64.7 Å². The Balaban J connectivity index is 0.00000200. The molecular weight excluding hydrogens is 274 g/mol. The molecular formula is C16H30ClNO2. The maximum absolute atomic E-state index is 12.0. The summed E-state index contributed by atoms with van der Waals surface area (Å²) < 4.78 is 0. The molecule has 2 rings (SSSR count). The van der Waals surface area contributed by atoms with E-state index in [9.17, 15) is 9.90 Å². The predicted octanol–water partition coefficient (Wildman–Crippen LogP) is -1.36. The topological polar surface area (TPSA) is 53.9 Å². The van der Waals surface area contributed by atoms with E-state index in [1.807, 2.05) is 0 Å². The third kappa shape index (κ3) is 5.34. The smallest absolute Gasteiger partial charge is 0.141 e. The van der Waals surface area contributed by atoms with Gasteiger partial charge in [-0.15, -0.1) is 0 Å². The van der Waals surface area contributed by atoms with Crippen molar-refractivity contribution in [2.24, 2.45) is 11.3 Å². The molecule has 0 amide bonds. The van der Waals surface area contributed by atoms with E-state index in [4.69, 9.17) is 0 Å². The molecule has 1 atom stereocenters. The number of hydrogen-bond donors (Lipinski definition) is 2. The summed E-state index contributed by atoms with van der Waals surface area (Å²) in [6.45, 7) is 4.03. The van der Waals surface area contributed by atoms with Crippen LogP contribution in [0.3, 0.4) is 0 Å². The van der Waals surface area contributed by atoms with E-state index in [1.54, 1.807) is 0 Å². The fourth-order valence-electron chi connectivity index (χ4n) is 3.17. The van der Waals surface area contributed by atoms with E-state index < -0.39 is 0 Å². The molecule has 20 heavy (non-hydrogen) atoms. The van der Waals surface area contributed by atoms with Crippen LogP contribution in [-0.4, -0.2) is 30.1 Å². The summed E-state index contributed by atoms with van der Waals surface area (Å²) in [7, 11) is 0. The van der Waals surface area contributed by atoms with Gasteiger partial charge in [0.15, 0.2) is 0 Å². The van der Waals surface area contributed by atoms with Crippen molar-refractivity contribution in [1.82, 2.24) is 0 Å². The van der Waals surface area contributed by atoms with Gasteiger partial charge >= 0.3 is 0 Å². The SMILES string of the molecule is CC1(C(O)CC[NH2+]CCC(=O)C2CCCCC2)CC1.[Cl-]. The minimum Gasteiger partial charge on any atom is -1.00 e. The van der Waals surface area contributed by atoms with Gasteiger partial charge in [-0.2, -0.15) is 0 Å². The normalized spacial score (nSPS) is 22.9. The van der Waals surface area contributed by atoms with Gasteiger partial charge in [0, 0.05) is 12.3 Å². The third-order valence-electron chi connectivity index (χ3n) is 5.14. The van der Waals surface area contributed by atoms with E-state index in [0.717, 1.165) is 38.8 Å². The summed E-state index contributed by atoms with van der Waals surface area (Å²) >= 11 is 0. The molecule has 0 aromatic carbocycles. The predicted molar refractivity (Wildman–Crippen MR) is 75.8 cm³/mol. The second kappa shape index (κ2) is 8.35. The molecule has 2 fully saturated rings. The second-order valence-corrected chi connectivity index (χ2v) is 6.88. The van der Waals surface area contributed by atoms with Crippen LogP contribution in [0.4, 0.5) is 0 Å². The Morgan fingerprint density at radius 2 is 1.90 bits per heavy atom. The molecule has 0 aliphatic heterocycles. The van der Waals surface area contributed by atoms with Gasteiger partial charge < -0.3 is 22.8 Å². The summed E-state index contributed by atoms with van der Waals surface area (Å²) in [4.78, 5) is 12.0. The minimum absolute atomic E-state index is 0. The van der Waals surface area contributed by atoms with E-state index in [2.05, 4.69) is 12.2 Å². The molecule has 0 bridgehead atoms. The maximum atomic E-state index is 12.0. The highest BCUT2D eigenvalue weighted by Gasteiger charge is 2.43. The number of carbonyl (C=O) groups is 1. The number of aliphatic hydroxyl groups is 1. The monoisotopic (exact) mass is 303 g/mol. The zero-order chi connectivity index (χ0) is 13.7. The van der Waals surface area contributed by atoms with Crippen LogP contribution >= 0.6 is 0 Å². The lowest BCUT2D eigenvalue weighted by molar-refractivity contribution is -0.655. The lowest BCUT2D eigenvalue weighted by atomic mass is 9.85. The van der Waals surface area contributed by atoms with Gasteiger partial charge in [-0.1, -0.05) is 26.2 Å². The molecule has 0 aromatic rings. The number of aliphatic hydroxyl groups excluding tert-OH is 1. The third-order valence-corrected chi connectivity index (χ3v) is 5.14. The van der Waals surface area contributed by atoms with Crippen molar-refractivity contribution in [2.45, 2.75) is 70.8 Å². The van der Waals surface area contributed by atoms with E-state index in [0.29, 0.717) is 11.7 Å². The fourth-order valence-corrected chi connectivity index (χ4v) is 3.17. The number of Topliss-reactive ketones (excluding diaryl/α,β-unsaturated/α-hetero) is 1. The fraction of sp³-hybridized carbons (Fsp3) is 0.938. The first-order valence-electron chi connectivity index (χ1n) is 8.14. The number of halogens is 1. The van der Waals surface area contributed by atoms with Crippen LogP contribution < -0.4 is 17.7 Å². The second-order valence-electron chi connectivity index (χ2n) is 6.88. The molecule has 2 saturated carbocycles. The molecule has 2 aliphatic carbocycles. The van der Waals surface area contributed by atoms with Crippen molar-refractivity contribution in [3.05, 3.63) is 0 Å². The molecule has 0 spiro atoms. The summed E-state index contributed by atoms with van der Waals surface area (Å²) in [5.74, 6) is 0.837. The Hall–Kier alpha value is -0.120. The molecule has 2 aliphatic rings. The van der Waals surface area contributed by atoms with Gasteiger partial charge in [0.25, 0.3) is 0 Å². The quantitative estimate of drug-likeness (QED) is 0.545. The first-order valence-corrected chi connectivity index (χ1v) is 8.14. The maximum Gasteiger partial charge on any atom is 0.141 e. The summed E-state index contributed by atoms with van der Waals surface area (Å²) in [6, 6.07) is 0. The van der Waals surface area contributed by atoms with Crippen molar-refractivity contribution in [3.8, 4) is 0 Å². The Kier molecular flexibility index (Phi) is 7.49. The summed E-state index contributed by atoms with van der Waals surface area (Å²) in [6.07, 6.45) is 9.83. The number of quaternary nitrogens is 1. The average Bonchev–Trinajstić information content (AvgIpc) is 3.18. The van der Waals surface area contributed by atoms with Crippen molar-refractivity contribution in [1.29, 1.82) is 0 Å². The van der Waals surface area contributed by atoms with Crippen molar-refractivity contribution < 1.29 is 27.6 Å². The van der Waals surface area contributed by atoms with Crippen molar-refractivity contribution in [3.63, 3.8) is 0 Å². The van der Waals surface area contributed by atoms with Crippen molar-refractivity contribution >= 4 is 5.78 Å². The van der Waals surface area contributed by atoms with Gasteiger partial charge in [-0.05, 0) is 31.1 Å². The van der Waals surface area contributed by atoms with E-state index in [-0.39, 0.29) is 23.9 Å². The molecule has 118 valence electrons. The minimum atomic E-state index is -0.141. The molecule has 0 heterocycles. The standard InChI is InChI=1S/C16H29NO2.ClH/c1-16(9-10-16)15(19)8-12-17-11-7-14(18)13-5-3-2-4-6-13;/h13,15,17,19H,2-12H2,1H3;1H. The van der Waals surface area contributed by atoms with Crippen LogP contribution in [0, 0.1) is 11.3 Å². The molecule has 0 aromatic heterocycles. The van der Waals surface area contributed by atoms with E-state index in [1.165, 1.54) is 32.1 Å². The zero-order valence-electron chi connectivity index (χ0n) is 12.7. The average molecular weight is 304 g/mol. The Labute approximate surface area is 129 Å². The van der Waals surface area contributed by atoms with Crippen LogP contribution in [0.15, 0.2) is 0 Å². The molecule has 0 saturated heterocycles. The number of carbonyl (C=O) groups excluding carboxylic acids is 1. The van der Waals surface area contributed by atoms with Gasteiger partial charge in [0.05, 0.1) is 25.6 Å². The first kappa shape index (κ1) is 17.9. The summed E-state index contributed by atoms with van der Waals surface area (Å²) in [5, 5.41) is 12.2.